The molecule has 0 unspecified atom stereocenters. The van der Waals surface area contributed by atoms with Gasteiger partial charge in [0.05, 0.1) is 5.69 Å². The Balaban J connectivity index is 1.80. The van der Waals surface area contributed by atoms with Gasteiger partial charge in [-0.05, 0) is 12.1 Å². The van der Waals surface area contributed by atoms with Gasteiger partial charge in [-0.15, -0.1) is 10.2 Å². The third-order valence-corrected chi connectivity index (χ3v) is 3.78. The van der Waals surface area contributed by atoms with Gasteiger partial charge < -0.3 is 4.90 Å². The van der Waals surface area contributed by atoms with Crippen molar-refractivity contribution in [3.8, 4) is 11.3 Å². The molecule has 5 nitrogen and oxygen atoms in total. The molecule has 0 radical (unpaired) electrons. The zero-order chi connectivity index (χ0) is 12.2. The third kappa shape index (κ3) is 2.43. The van der Waals surface area contributed by atoms with E-state index in [0.717, 1.165) is 41.7 Å². The van der Waals surface area contributed by atoms with Crippen molar-refractivity contribution in [1.29, 1.82) is 0 Å². The lowest BCUT2D eigenvalue weighted by molar-refractivity contribution is 0.820. The summed E-state index contributed by atoms with van der Waals surface area (Å²) < 4.78 is 0. The van der Waals surface area contributed by atoms with Crippen LogP contribution in [0.1, 0.15) is 0 Å². The van der Waals surface area contributed by atoms with Crippen molar-refractivity contribution < 1.29 is 0 Å². The van der Waals surface area contributed by atoms with Gasteiger partial charge in [-0.2, -0.15) is 11.8 Å². The van der Waals surface area contributed by atoms with Gasteiger partial charge in [0.15, 0.2) is 5.82 Å². The highest BCUT2D eigenvalue weighted by atomic mass is 32.2. The first kappa shape index (κ1) is 11.4. The lowest BCUT2D eigenvalue weighted by atomic mass is 10.2. The first-order valence-electron chi connectivity index (χ1n) is 5.85. The number of hydrogen-bond acceptors (Lipinski definition) is 6. The fourth-order valence-electron chi connectivity index (χ4n) is 1.87. The van der Waals surface area contributed by atoms with Crippen LogP contribution < -0.4 is 4.90 Å². The van der Waals surface area contributed by atoms with Gasteiger partial charge in [0.2, 0.25) is 0 Å². The van der Waals surface area contributed by atoms with Crippen LogP contribution in [0.4, 0.5) is 5.82 Å². The van der Waals surface area contributed by atoms with Crippen molar-refractivity contribution in [2.24, 2.45) is 0 Å². The average Bonchev–Trinajstić information content (AvgIpc) is 2.49. The van der Waals surface area contributed by atoms with Gasteiger partial charge >= 0.3 is 0 Å². The fourth-order valence-corrected chi connectivity index (χ4v) is 2.77. The van der Waals surface area contributed by atoms with Crippen LogP contribution in [0.25, 0.3) is 11.3 Å². The molecule has 3 heterocycles. The van der Waals surface area contributed by atoms with E-state index in [1.54, 1.807) is 12.4 Å². The van der Waals surface area contributed by atoms with Gasteiger partial charge in [0.1, 0.15) is 6.33 Å². The number of hydrogen-bond donors (Lipinski definition) is 0. The summed E-state index contributed by atoms with van der Waals surface area (Å²) in [5.41, 5.74) is 1.71. The van der Waals surface area contributed by atoms with E-state index >= 15 is 0 Å². The van der Waals surface area contributed by atoms with Crippen molar-refractivity contribution in [2.75, 3.05) is 29.5 Å². The highest BCUT2D eigenvalue weighted by Crippen LogP contribution is 2.19. The van der Waals surface area contributed by atoms with E-state index in [1.165, 1.54) is 6.33 Å². The monoisotopic (exact) mass is 259 g/mol. The molecule has 92 valence electrons. The number of aromatic nitrogens is 4. The Kier molecular flexibility index (Phi) is 3.36. The topological polar surface area (TPSA) is 54.8 Å². The molecule has 6 heteroatoms. The van der Waals surface area contributed by atoms with Gasteiger partial charge in [-0.3, -0.25) is 0 Å². The number of thioether (sulfide) groups is 1. The van der Waals surface area contributed by atoms with Gasteiger partial charge in [-0.1, -0.05) is 0 Å². The molecule has 1 fully saturated rings. The Morgan fingerprint density at radius 3 is 2.44 bits per heavy atom. The van der Waals surface area contributed by atoms with Crippen molar-refractivity contribution in [2.45, 2.75) is 0 Å². The van der Waals surface area contributed by atoms with Gasteiger partial charge in [0.25, 0.3) is 0 Å². The molecule has 0 saturated carbocycles. The quantitative estimate of drug-likeness (QED) is 0.814. The Morgan fingerprint density at radius 1 is 1.00 bits per heavy atom. The van der Waals surface area contributed by atoms with Crippen LogP contribution in [0.3, 0.4) is 0 Å². The molecule has 2 aromatic heterocycles. The summed E-state index contributed by atoms with van der Waals surface area (Å²) >= 11 is 1.99. The van der Waals surface area contributed by atoms with Crippen LogP contribution in [-0.4, -0.2) is 44.8 Å². The van der Waals surface area contributed by atoms with Crippen LogP contribution in [0.2, 0.25) is 0 Å². The van der Waals surface area contributed by atoms with Gasteiger partial charge in [0, 0.05) is 42.6 Å². The summed E-state index contributed by atoms with van der Waals surface area (Å²) in [5, 5.41) is 8.54. The van der Waals surface area contributed by atoms with E-state index in [1.807, 2.05) is 23.9 Å². The maximum absolute atomic E-state index is 4.29. The van der Waals surface area contributed by atoms with Crippen LogP contribution in [0, 0.1) is 0 Å². The molecule has 0 bridgehead atoms. The molecule has 18 heavy (non-hydrogen) atoms. The lowest BCUT2D eigenvalue weighted by Gasteiger charge is -2.26. The van der Waals surface area contributed by atoms with Gasteiger partial charge in [-0.25, -0.2) is 9.97 Å². The summed E-state index contributed by atoms with van der Waals surface area (Å²) in [4.78, 5) is 10.2. The Bertz CT molecular complexity index is 496. The first-order chi connectivity index (χ1) is 8.93. The summed E-state index contributed by atoms with van der Waals surface area (Å²) in [6, 6.07) is 3.99. The largest absolute Gasteiger partial charge is 0.353 e. The normalized spacial score (nSPS) is 15.7. The third-order valence-electron chi connectivity index (χ3n) is 2.84. The van der Waals surface area contributed by atoms with Crippen molar-refractivity contribution in [3.63, 3.8) is 0 Å². The maximum Gasteiger partial charge on any atom is 0.151 e. The molecule has 2 aromatic rings. The Morgan fingerprint density at radius 2 is 1.78 bits per heavy atom. The molecular formula is C12H13N5S. The molecule has 0 N–H and O–H groups in total. The van der Waals surface area contributed by atoms with Crippen molar-refractivity contribution in [1.82, 2.24) is 20.2 Å². The summed E-state index contributed by atoms with van der Waals surface area (Å²) in [6.45, 7) is 2.10. The number of anilines is 1. The van der Waals surface area contributed by atoms with E-state index in [2.05, 4.69) is 25.1 Å². The second-order valence-electron chi connectivity index (χ2n) is 4.00. The van der Waals surface area contributed by atoms with Crippen LogP contribution in [0.15, 0.2) is 30.9 Å². The van der Waals surface area contributed by atoms with Crippen molar-refractivity contribution in [3.05, 3.63) is 30.9 Å². The SMILES string of the molecule is c1ncc(-c2ccc(N3CCSCC3)nn2)cn1. The van der Waals surface area contributed by atoms with E-state index in [0.29, 0.717) is 0 Å². The molecule has 0 atom stereocenters. The predicted octanol–water partition coefficient (Wildman–Crippen LogP) is 1.49. The molecule has 0 spiro atoms. The summed E-state index contributed by atoms with van der Waals surface area (Å²) in [7, 11) is 0. The molecular weight excluding hydrogens is 246 g/mol. The average molecular weight is 259 g/mol. The summed E-state index contributed by atoms with van der Waals surface area (Å²) in [5.74, 6) is 3.28. The van der Waals surface area contributed by atoms with E-state index in [-0.39, 0.29) is 0 Å². The minimum Gasteiger partial charge on any atom is -0.353 e. The van der Waals surface area contributed by atoms with Crippen LogP contribution >= 0.6 is 11.8 Å². The van der Waals surface area contributed by atoms with E-state index in [9.17, 15) is 0 Å². The highest BCUT2D eigenvalue weighted by Gasteiger charge is 2.12. The minimum absolute atomic E-state index is 0.811. The fraction of sp³-hybridized carbons (Fsp3) is 0.333. The molecule has 1 aliphatic rings. The van der Waals surface area contributed by atoms with E-state index in [4.69, 9.17) is 0 Å². The minimum atomic E-state index is 0.811. The van der Waals surface area contributed by atoms with Crippen molar-refractivity contribution >= 4 is 17.6 Å². The van der Waals surface area contributed by atoms with E-state index < -0.39 is 0 Å². The standard InChI is InChI=1S/C12H13N5S/c1-2-12(17-3-5-18-6-4-17)16-15-11(1)10-7-13-9-14-8-10/h1-2,7-9H,3-6H2. The second kappa shape index (κ2) is 5.30. The highest BCUT2D eigenvalue weighted by molar-refractivity contribution is 7.99. The Labute approximate surface area is 110 Å². The zero-order valence-corrected chi connectivity index (χ0v) is 10.7. The molecule has 0 aromatic carbocycles. The molecule has 1 saturated heterocycles. The molecule has 0 amide bonds. The first-order valence-corrected chi connectivity index (χ1v) is 7.01. The maximum atomic E-state index is 4.29. The molecule has 3 rings (SSSR count). The predicted molar refractivity (Wildman–Crippen MR) is 72.6 cm³/mol. The van der Waals surface area contributed by atoms with Crippen LogP contribution in [-0.2, 0) is 0 Å². The smallest absolute Gasteiger partial charge is 0.151 e. The molecule has 1 aliphatic heterocycles. The second-order valence-corrected chi connectivity index (χ2v) is 5.23. The Hall–Kier alpha value is -1.69. The zero-order valence-electron chi connectivity index (χ0n) is 9.86. The van der Waals surface area contributed by atoms with Crippen LogP contribution in [0.5, 0.6) is 0 Å². The lowest BCUT2D eigenvalue weighted by Crippen LogP contribution is -2.33. The summed E-state index contributed by atoms with van der Waals surface area (Å²) in [6.07, 6.45) is 5.00. The molecule has 0 aliphatic carbocycles. The number of nitrogens with zero attached hydrogens (tertiary/aromatic N) is 5. The number of rotatable bonds is 2.